The van der Waals surface area contributed by atoms with Crippen molar-refractivity contribution < 1.29 is 27.1 Å². The highest BCUT2D eigenvalue weighted by atomic mass is 35.5. The largest absolute Gasteiger partial charge is 0.383 e. The molecule has 0 saturated carbocycles. The first kappa shape index (κ1) is 24.9. The molecule has 3 amide bonds. The van der Waals surface area contributed by atoms with Crippen LogP contribution in [0.2, 0.25) is 5.02 Å². The molecule has 1 unspecified atom stereocenters. The lowest BCUT2D eigenvalue weighted by atomic mass is 10.2. The molecule has 2 aromatic rings. The van der Waals surface area contributed by atoms with Crippen LogP contribution in [0.3, 0.4) is 0 Å². The molecule has 1 atom stereocenters. The second-order valence-corrected chi connectivity index (χ2v) is 9.58. The summed E-state index contributed by atoms with van der Waals surface area (Å²) in [5.41, 5.74) is 0.374. The van der Waals surface area contributed by atoms with E-state index in [-0.39, 0.29) is 37.7 Å². The summed E-state index contributed by atoms with van der Waals surface area (Å²) in [5, 5.41) is 5.65. The minimum atomic E-state index is -4.03. The molecule has 2 aromatic carbocycles. The van der Waals surface area contributed by atoms with Crippen LogP contribution in [0.4, 0.5) is 14.9 Å². The third-order valence-corrected chi connectivity index (χ3v) is 7.22. The van der Waals surface area contributed by atoms with Gasteiger partial charge in [-0.1, -0.05) is 11.6 Å². The number of piperazine rings is 1. The van der Waals surface area contributed by atoms with Gasteiger partial charge >= 0.3 is 6.03 Å². The van der Waals surface area contributed by atoms with E-state index in [1.165, 1.54) is 60.5 Å². The smallest absolute Gasteiger partial charge is 0.321 e. The molecule has 1 aliphatic heterocycles. The van der Waals surface area contributed by atoms with Crippen LogP contribution in [-0.2, 0) is 19.6 Å². The molecule has 0 bridgehead atoms. The Bertz CT molecular complexity index is 1080. The molecule has 9 nitrogen and oxygen atoms in total. The van der Waals surface area contributed by atoms with E-state index in [1.807, 2.05) is 0 Å². The molecule has 0 aliphatic carbocycles. The first-order chi connectivity index (χ1) is 15.7. The molecule has 1 fully saturated rings. The van der Waals surface area contributed by atoms with Gasteiger partial charge in [-0.25, -0.2) is 17.6 Å². The van der Waals surface area contributed by atoms with Crippen molar-refractivity contribution in [3.8, 4) is 0 Å². The number of methoxy groups -OCH3 is 1. The summed E-state index contributed by atoms with van der Waals surface area (Å²) in [6.45, 7) is 0.226. The Morgan fingerprint density at radius 3 is 2.42 bits per heavy atom. The monoisotopic (exact) mass is 498 g/mol. The lowest BCUT2D eigenvalue weighted by molar-refractivity contribution is -0.126. The highest BCUT2D eigenvalue weighted by Crippen LogP contribution is 2.24. The zero-order valence-electron chi connectivity index (χ0n) is 17.8. The maximum Gasteiger partial charge on any atom is 0.321 e. The van der Waals surface area contributed by atoms with Crippen molar-refractivity contribution in [3.05, 3.63) is 59.4 Å². The first-order valence-electron chi connectivity index (χ1n) is 10.1. The average molecular weight is 499 g/mol. The predicted molar refractivity (Wildman–Crippen MR) is 121 cm³/mol. The summed E-state index contributed by atoms with van der Waals surface area (Å²) in [4.78, 5) is 27.0. The van der Waals surface area contributed by atoms with Crippen LogP contribution in [0.15, 0.2) is 53.4 Å². The van der Waals surface area contributed by atoms with E-state index < -0.39 is 33.8 Å². The third-order valence-electron chi connectivity index (χ3n) is 5.04. The number of nitrogens with one attached hydrogen (secondary N) is 2. The Morgan fingerprint density at radius 1 is 1.12 bits per heavy atom. The van der Waals surface area contributed by atoms with Crippen molar-refractivity contribution in [3.63, 3.8) is 0 Å². The number of halogens is 2. The zero-order chi connectivity index (χ0) is 24.0. The number of urea groups is 1. The number of anilines is 1. The standard InChI is InChI=1S/C21H24ClFN4O5S/c1-32-13-10-24-20(28)19-14-26(21(29)25-17-6-4-16(23)5-7-17)11-12-27(19)33(30,31)18-8-2-15(22)3-9-18/h2-9,19H,10-14H2,1H3,(H,24,28)(H,25,29). The summed E-state index contributed by atoms with van der Waals surface area (Å²) < 4.78 is 45.7. The van der Waals surface area contributed by atoms with Gasteiger partial charge in [0.1, 0.15) is 11.9 Å². The van der Waals surface area contributed by atoms with E-state index in [9.17, 15) is 22.4 Å². The quantitative estimate of drug-likeness (QED) is 0.569. The summed E-state index contributed by atoms with van der Waals surface area (Å²) >= 11 is 5.87. The molecule has 33 heavy (non-hydrogen) atoms. The molecule has 1 saturated heterocycles. The van der Waals surface area contributed by atoms with E-state index in [4.69, 9.17) is 16.3 Å². The number of benzene rings is 2. The normalized spacial score (nSPS) is 16.9. The number of rotatable bonds is 7. The van der Waals surface area contributed by atoms with Gasteiger partial charge in [-0.3, -0.25) is 4.79 Å². The zero-order valence-corrected chi connectivity index (χ0v) is 19.4. The van der Waals surface area contributed by atoms with E-state index in [0.717, 1.165) is 4.31 Å². The van der Waals surface area contributed by atoms with Crippen molar-refractivity contribution in [2.45, 2.75) is 10.9 Å². The molecular formula is C21H24ClFN4O5S. The summed E-state index contributed by atoms with van der Waals surface area (Å²) in [7, 11) is -2.56. The average Bonchev–Trinajstić information content (AvgIpc) is 2.80. The number of carbonyl (C=O) groups excluding carboxylic acids is 2. The maximum atomic E-state index is 13.3. The predicted octanol–water partition coefficient (Wildman–Crippen LogP) is 2.15. The summed E-state index contributed by atoms with van der Waals surface area (Å²) in [5.74, 6) is -0.995. The number of ether oxygens (including phenoxy) is 1. The fraction of sp³-hybridized carbons (Fsp3) is 0.333. The minimum absolute atomic E-state index is 0.00851. The van der Waals surface area contributed by atoms with Gasteiger partial charge in [0.25, 0.3) is 0 Å². The van der Waals surface area contributed by atoms with Crippen molar-refractivity contribution in [2.24, 2.45) is 0 Å². The molecule has 0 radical (unpaired) electrons. The minimum Gasteiger partial charge on any atom is -0.383 e. The van der Waals surface area contributed by atoms with Crippen LogP contribution in [-0.4, -0.2) is 75.5 Å². The number of hydrogen-bond acceptors (Lipinski definition) is 5. The number of amides is 3. The second kappa shape index (κ2) is 10.9. The van der Waals surface area contributed by atoms with E-state index in [1.54, 1.807) is 0 Å². The molecule has 12 heteroatoms. The topological polar surface area (TPSA) is 108 Å². The van der Waals surface area contributed by atoms with Gasteiger partial charge in [-0.15, -0.1) is 0 Å². The van der Waals surface area contributed by atoms with Gasteiger partial charge in [0, 0.05) is 44.0 Å². The number of nitrogens with zero attached hydrogens (tertiary/aromatic N) is 2. The summed E-state index contributed by atoms with van der Waals surface area (Å²) in [6.07, 6.45) is 0. The number of hydrogen-bond donors (Lipinski definition) is 2. The Kier molecular flexibility index (Phi) is 8.25. The molecule has 3 rings (SSSR count). The Hall–Kier alpha value is -2.73. The molecule has 0 aromatic heterocycles. The Labute approximate surface area is 196 Å². The van der Waals surface area contributed by atoms with Gasteiger partial charge in [0.05, 0.1) is 11.5 Å². The van der Waals surface area contributed by atoms with Crippen LogP contribution in [0.25, 0.3) is 0 Å². The molecular weight excluding hydrogens is 475 g/mol. The highest BCUT2D eigenvalue weighted by Gasteiger charge is 2.41. The summed E-state index contributed by atoms with van der Waals surface area (Å²) in [6, 6.07) is 9.18. The van der Waals surface area contributed by atoms with Gasteiger partial charge in [0.15, 0.2) is 0 Å². The fourth-order valence-corrected chi connectivity index (χ4v) is 5.02. The first-order valence-corrected chi connectivity index (χ1v) is 11.9. The third kappa shape index (κ3) is 6.20. The molecule has 178 valence electrons. The van der Waals surface area contributed by atoms with Crippen molar-refractivity contribution in [1.82, 2.24) is 14.5 Å². The van der Waals surface area contributed by atoms with Crippen molar-refractivity contribution in [2.75, 3.05) is 45.2 Å². The van der Waals surface area contributed by atoms with Gasteiger partial charge in [-0.2, -0.15) is 4.31 Å². The van der Waals surface area contributed by atoms with Crippen molar-refractivity contribution >= 4 is 39.2 Å². The van der Waals surface area contributed by atoms with Crippen molar-refractivity contribution in [1.29, 1.82) is 0 Å². The van der Waals surface area contributed by atoms with E-state index in [0.29, 0.717) is 10.7 Å². The van der Waals surface area contributed by atoms with Crippen LogP contribution in [0.5, 0.6) is 0 Å². The lowest BCUT2D eigenvalue weighted by Crippen LogP contribution is -2.62. The van der Waals surface area contributed by atoms with Crippen LogP contribution >= 0.6 is 11.6 Å². The van der Waals surface area contributed by atoms with Gasteiger partial charge in [0.2, 0.25) is 15.9 Å². The van der Waals surface area contributed by atoms with Gasteiger partial charge < -0.3 is 20.3 Å². The second-order valence-electron chi connectivity index (χ2n) is 7.25. The van der Waals surface area contributed by atoms with Gasteiger partial charge in [-0.05, 0) is 48.5 Å². The maximum absolute atomic E-state index is 13.3. The van der Waals surface area contributed by atoms with Crippen LogP contribution in [0, 0.1) is 5.82 Å². The Morgan fingerprint density at radius 2 is 1.79 bits per heavy atom. The molecule has 1 heterocycles. The fourth-order valence-electron chi connectivity index (χ4n) is 3.32. The molecule has 2 N–H and O–H groups in total. The molecule has 1 aliphatic rings. The van der Waals surface area contributed by atoms with Crippen LogP contribution < -0.4 is 10.6 Å². The van der Waals surface area contributed by atoms with E-state index in [2.05, 4.69) is 10.6 Å². The SMILES string of the molecule is COCCNC(=O)C1CN(C(=O)Nc2ccc(F)cc2)CCN1S(=O)(=O)c1ccc(Cl)cc1. The number of sulfonamides is 1. The molecule has 0 spiro atoms. The number of carbonyl (C=O) groups is 2. The van der Waals surface area contributed by atoms with E-state index >= 15 is 0 Å². The van der Waals surface area contributed by atoms with Crippen LogP contribution in [0.1, 0.15) is 0 Å². The Balaban J connectivity index is 1.81. The highest BCUT2D eigenvalue weighted by molar-refractivity contribution is 7.89. The lowest BCUT2D eigenvalue weighted by Gasteiger charge is -2.39.